The first-order valence-corrected chi connectivity index (χ1v) is 4.42. The molecule has 2 aromatic rings. The summed E-state index contributed by atoms with van der Waals surface area (Å²) in [5, 5.41) is 16.8. The second-order valence-electron chi connectivity index (χ2n) is 3.23. The van der Waals surface area contributed by atoms with Gasteiger partial charge in [0, 0.05) is 12.1 Å². The maximum Gasteiger partial charge on any atom is 0.473 e. The fourth-order valence-corrected chi connectivity index (χ4v) is 1.30. The molecule has 0 fully saturated rings. The van der Waals surface area contributed by atoms with E-state index in [0.29, 0.717) is 0 Å². The Balaban J connectivity index is 2.56. The summed E-state index contributed by atoms with van der Waals surface area (Å²) in [5.74, 6) is -2.21. The lowest BCUT2D eigenvalue weighted by atomic mass is 10.3. The summed E-state index contributed by atoms with van der Waals surface area (Å²) < 4.78 is 36.7. The molecule has 0 spiro atoms. The van der Waals surface area contributed by atoms with Gasteiger partial charge in [0.25, 0.3) is 5.69 Å². The number of benzene rings is 1. The molecule has 0 saturated carbocycles. The third-order valence-electron chi connectivity index (χ3n) is 2.07. The lowest BCUT2D eigenvalue weighted by molar-refractivity contribution is -0.384. The average Bonchev–Trinajstić information content (AvgIpc) is 2.68. The third kappa shape index (κ3) is 1.87. The highest BCUT2D eigenvalue weighted by molar-refractivity contribution is 5.92. The molecule has 0 N–H and O–H groups in total. The molecular weight excluding hydrogens is 257 g/mol. The Labute approximate surface area is 95.9 Å². The monoisotopic (exact) mass is 260 g/mol. The Bertz CT molecular complexity index is 649. The lowest BCUT2D eigenvalue weighted by Crippen LogP contribution is -2.29. The van der Waals surface area contributed by atoms with E-state index < -0.39 is 17.0 Å². The molecule has 1 aromatic carbocycles. The van der Waals surface area contributed by atoms with Gasteiger partial charge < -0.3 is 0 Å². The number of fused-ring (bicyclic) bond motifs is 1. The van der Waals surface area contributed by atoms with Crippen molar-refractivity contribution in [2.75, 3.05) is 0 Å². The molecule has 1 aromatic heterocycles. The van der Waals surface area contributed by atoms with E-state index >= 15 is 0 Å². The van der Waals surface area contributed by atoms with E-state index in [1.165, 1.54) is 0 Å². The first-order chi connectivity index (χ1) is 8.30. The highest BCUT2D eigenvalue weighted by Crippen LogP contribution is 2.22. The number of carbonyl (C=O) groups is 1. The van der Waals surface area contributed by atoms with Crippen LogP contribution < -0.4 is 0 Å². The zero-order valence-electron chi connectivity index (χ0n) is 8.38. The fourth-order valence-electron chi connectivity index (χ4n) is 1.30. The van der Waals surface area contributed by atoms with E-state index in [9.17, 15) is 28.1 Å². The lowest BCUT2D eigenvalue weighted by Gasteiger charge is -2.03. The van der Waals surface area contributed by atoms with E-state index in [1.807, 2.05) is 0 Å². The minimum absolute atomic E-state index is 0.0546. The molecule has 18 heavy (non-hydrogen) atoms. The van der Waals surface area contributed by atoms with Gasteiger partial charge in [-0.1, -0.05) is 5.21 Å². The quantitative estimate of drug-likeness (QED) is 0.573. The Morgan fingerprint density at radius 1 is 1.39 bits per heavy atom. The van der Waals surface area contributed by atoms with Crippen LogP contribution in [-0.2, 0) is 0 Å². The van der Waals surface area contributed by atoms with Crippen molar-refractivity contribution in [1.82, 2.24) is 15.0 Å². The molecule has 0 radical (unpaired) electrons. The fraction of sp³-hybridized carbons (Fsp3) is 0.125. The molecule has 94 valence electrons. The van der Waals surface area contributed by atoms with Gasteiger partial charge in [-0.05, 0) is 6.07 Å². The second kappa shape index (κ2) is 3.75. The Morgan fingerprint density at radius 3 is 2.61 bits per heavy atom. The van der Waals surface area contributed by atoms with Gasteiger partial charge in [0.15, 0.2) is 0 Å². The summed E-state index contributed by atoms with van der Waals surface area (Å²) in [6.07, 6.45) is -5.09. The molecule has 0 bridgehead atoms. The summed E-state index contributed by atoms with van der Waals surface area (Å²) in [5.41, 5.74) is -0.765. The minimum atomic E-state index is -5.09. The van der Waals surface area contributed by atoms with E-state index in [4.69, 9.17) is 0 Å². The number of hydrogen-bond acceptors (Lipinski definition) is 5. The number of nitrogens with zero attached hydrogens (tertiary/aromatic N) is 4. The van der Waals surface area contributed by atoms with Crippen LogP contribution in [0.3, 0.4) is 0 Å². The van der Waals surface area contributed by atoms with Crippen molar-refractivity contribution in [1.29, 1.82) is 0 Å². The van der Waals surface area contributed by atoms with Crippen molar-refractivity contribution in [3.8, 4) is 0 Å². The predicted molar refractivity (Wildman–Crippen MR) is 50.9 cm³/mol. The number of non-ortho nitro benzene ring substituents is 1. The molecule has 0 aliphatic carbocycles. The van der Waals surface area contributed by atoms with Crippen molar-refractivity contribution < 1.29 is 22.9 Å². The maximum absolute atomic E-state index is 12.2. The first-order valence-electron chi connectivity index (χ1n) is 4.42. The van der Waals surface area contributed by atoms with Crippen LogP contribution >= 0.6 is 0 Å². The predicted octanol–water partition coefficient (Wildman–Crippen LogP) is 1.54. The molecule has 2 rings (SSSR count). The summed E-state index contributed by atoms with van der Waals surface area (Å²) in [6, 6.07) is 2.88. The van der Waals surface area contributed by atoms with E-state index in [-0.39, 0.29) is 21.4 Å². The number of halogens is 3. The van der Waals surface area contributed by atoms with Gasteiger partial charge in [0.2, 0.25) is 0 Å². The smallest absolute Gasteiger partial charge is 0.262 e. The van der Waals surface area contributed by atoms with Crippen LogP contribution in [0.25, 0.3) is 11.0 Å². The third-order valence-corrected chi connectivity index (χ3v) is 2.07. The molecular formula is C8H3F3N4O3. The van der Waals surface area contributed by atoms with Crippen molar-refractivity contribution in [2.24, 2.45) is 0 Å². The topological polar surface area (TPSA) is 90.9 Å². The number of aromatic nitrogens is 3. The number of alkyl halides is 3. The van der Waals surface area contributed by atoms with Crippen molar-refractivity contribution in [2.45, 2.75) is 6.18 Å². The largest absolute Gasteiger partial charge is 0.473 e. The summed E-state index contributed by atoms with van der Waals surface area (Å²) >= 11 is 0. The van der Waals surface area contributed by atoms with Crippen LogP contribution in [0, 0.1) is 10.1 Å². The molecule has 0 unspecified atom stereocenters. The molecule has 1 heterocycles. The molecule has 0 aliphatic rings. The SMILES string of the molecule is O=C(n1nnc2cc([N+](=O)[O-])ccc21)C(F)(F)F. The number of nitro benzene ring substituents is 1. The number of nitro groups is 1. The molecule has 0 amide bonds. The Hall–Kier alpha value is -2.52. The number of carbonyl (C=O) groups excluding carboxylic acids is 1. The van der Waals surface area contributed by atoms with Crippen molar-refractivity contribution in [3.63, 3.8) is 0 Å². The van der Waals surface area contributed by atoms with Gasteiger partial charge in [-0.2, -0.15) is 17.9 Å². The van der Waals surface area contributed by atoms with Gasteiger partial charge in [0.1, 0.15) is 5.52 Å². The number of rotatable bonds is 1. The van der Waals surface area contributed by atoms with Gasteiger partial charge in [-0.25, -0.2) is 0 Å². The Kier molecular flexibility index (Phi) is 2.49. The average molecular weight is 260 g/mol. The minimum Gasteiger partial charge on any atom is -0.262 e. The van der Waals surface area contributed by atoms with Crippen LogP contribution in [0.1, 0.15) is 4.79 Å². The van der Waals surface area contributed by atoms with Crippen LogP contribution in [0.15, 0.2) is 18.2 Å². The van der Waals surface area contributed by atoms with E-state index in [1.54, 1.807) is 0 Å². The van der Waals surface area contributed by atoms with Gasteiger partial charge >= 0.3 is 12.1 Å². The van der Waals surface area contributed by atoms with Crippen LogP contribution in [-0.4, -0.2) is 32.0 Å². The zero-order valence-corrected chi connectivity index (χ0v) is 8.38. The summed E-state index contributed by atoms with van der Waals surface area (Å²) in [7, 11) is 0. The van der Waals surface area contributed by atoms with Crippen molar-refractivity contribution in [3.05, 3.63) is 28.3 Å². The van der Waals surface area contributed by atoms with Crippen molar-refractivity contribution >= 4 is 22.6 Å². The van der Waals surface area contributed by atoms with Crippen LogP contribution in [0.4, 0.5) is 18.9 Å². The molecule has 0 aliphatic heterocycles. The number of hydrogen-bond donors (Lipinski definition) is 0. The van der Waals surface area contributed by atoms with Crippen LogP contribution in [0.2, 0.25) is 0 Å². The second-order valence-corrected chi connectivity index (χ2v) is 3.23. The van der Waals surface area contributed by atoms with Gasteiger partial charge in [0.05, 0.1) is 10.4 Å². The van der Waals surface area contributed by atoms with Gasteiger partial charge in [-0.3, -0.25) is 14.9 Å². The van der Waals surface area contributed by atoms with Crippen LogP contribution in [0.5, 0.6) is 0 Å². The summed E-state index contributed by atoms with van der Waals surface area (Å²) in [6.45, 7) is 0. The van der Waals surface area contributed by atoms with E-state index in [2.05, 4.69) is 10.3 Å². The normalized spacial score (nSPS) is 11.7. The van der Waals surface area contributed by atoms with E-state index in [0.717, 1.165) is 18.2 Å². The highest BCUT2D eigenvalue weighted by Gasteiger charge is 2.41. The zero-order chi connectivity index (χ0) is 13.5. The molecule has 10 heteroatoms. The highest BCUT2D eigenvalue weighted by atomic mass is 19.4. The maximum atomic E-state index is 12.2. The Morgan fingerprint density at radius 2 is 2.06 bits per heavy atom. The summed E-state index contributed by atoms with van der Waals surface area (Å²) in [4.78, 5) is 20.7. The molecule has 0 atom stereocenters. The molecule has 0 saturated heterocycles. The standard InChI is InChI=1S/C8H3F3N4O3/c9-8(10,11)7(16)14-6-2-1-4(15(17)18)3-5(6)12-13-14/h1-3H. The molecule has 7 nitrogen and oxygen atoms in total. The van der Waals surface area contributed by atoms with Gasteiger partial charge in [-0.15, -0.1) is 5.10 Å². The first kappa shape index (κ1) is 12.0.